The van der Waals surface area contributed by atoms with E-state index in [-0.39, 0.29) is 5.54 Å². The summed E-state index contributed by atoms with van der Waals surface area (Å²) in [6.07, 6.45) is 12.2. The maximum absolute atomic E-state index is 6.74. The minimum Gasteiger partial charge on any atom is -0.321 e. The van der Waals surface area contributed by atoms with Gasteiger partial charge in [0, 0.05) is 23.5 Å². The second-order valence-corrected chi connectivity index (χ2v) is 6.23. The van der Waals surface area contributed by atoms with Crippen molar-refractivity contribution in [3.8, 4) is 0 Å². The Morgan fingerprint density at radius 1 is 1.18 bits per heavy atom. The van der Waals surface area contributed by atoms with E-state index < -0.39 is 0 Å². The van der Waals surface area contributed by atoms with Gasteiger partial charge in [-0.15, -0.1) is 0 Å². The number of hydrogen-bond acceptors (Lipinski definition) is 3. The smallest absolute Gasteiger partial charge is 0.115 e. The third-order valence-corrected chi connectivity index (χ3v) is 5.66. The number of nitrogens with two attached hydrogens (primary N) is 1. The fraction of sp³-hybridized carbons (Fsp3) is 0.714. The Kier molecular flexibility index (Phi) is 1.93. The lowest BCUT2D eigenvalue weighted by atomic mass is 9.69. The second-order valence-electron chi connectivity index (χ2n) is 6.23. The molecule has 1 aromatic rings. The Labute approximate surface area is 102 Å². The number of hydrogen-bond donors (Lipinski definition) is 1. The van der Waals surface area contributed by atoms with Gasteiger partial charge in [-0.2, -0.15) is 0 Å². The Balaban J connectivity index is 1.73. The fourth-order valence-electron chi connectivity index (χ4n) is 5.06. The second kappa shape index (κ2) is 3.29. The van der Waals surface area contributed by atoms with Crippen molar-refractivity contribution >= 4 is 0 Å². The van der Waals surface area contributed by atoms with Crippen LogP contribution in [0.25, 0.3) is 0 Å². The highest BCUT2D eigenvalue weighted by Gasteiger charge is 2.59. The number of nitrogens with zero attached hydrogens (tertiary/aromatic N) is 2. The Morgan fingerprint density at radius 2 is 1.94 bits per heavy atom. The zero-order chi connectivity index (χ0) is 11.5. The molecule has 3 saturated carbocycles. The van der Waals surface area contributed by atoms with Crippen LogP contribution >= 0.6 is 0 Å². The Morgan fingerprint density at radius 3 is 2.76 bits per heavy atom. The molecule has 0 radical (unpaired) electrons. The van der Waals surface area contributed by atoms with Gasteiger partial charge in [-0.05, 0) is 49.4 Å². The first kappa shape index (κ1) is 10.0. The quantitative estimate of drug-likeness (QED) is 0.802. The first-order valence-corrected chi connectivity index (χ1v) is 6.83. The molecule has 3 heteroatoms. The molecule has 2 bridgehead atoms. The Hall–Kier alpha value is -0.960. The molecule has 1 heterocycles. The summed E-state index contributed by atoms with van der Waals surface area (Å²) in [6, 6.07) is 0. The highest BCUT2D eigenvalue weighted by atomic mass is 14.9. The zero-order valence-corrected chi connectivity index (χ0v) is 10.0. The van der Waals surface area contributed by atoms with Gasteiger partial charge in [-0.3, -0.25) is 0 Å². The molecular formula is C14H19N3. The maximum atomic E-state index is 6.74. The van der Waals surface area contributed by atoms with Crippen molar-refractivity contribution in [3.63, 3.8) is 0 Å². The van der Waals surface area contributed by atoms with Crippen molar-refractivity contribution in [2.45, 2.75) is 37.6 Å². The van der Waals surface area contributed by atoms with E-state index in [1.54, 1.807) is 6.33 Å². The molecule has 0 aliphatic heterocycles. The van der Waals surface area contributed by atoms with Gasteiger partial charge in [0.1, 0.15) is 6.33 Å². The molecule has 3 fully saturated rings. The number of aromatic nitrogens is 2. The standard InChI is InChI=1S/C14H19N3/c15-14(10-6-16-8-17-7-10)5-9-4-13(14)12-3-1-2-11(9)12/h6-9,11-13H,1-5,15H2. The molecule has 5 unspecified atom stereocenters. The molecule has 2 N–H and O–H groups in total. The summed E-state index contributed by atoms with van der Waals surface area (Å²) in [7, 11) is 0. The fourth-order valence-corrected chi connectivity index (χ4v) is 5.06. The van der Waals surface area contributed by atoms with E-state index >= 15 is 0 Å². The number of fused-ring (bicyclic) bond motifs is 5. The van der Waals surface area contributed by atoms with Crippen LogP contribution in [-0.2, 0) is 5.54 Å². The van der Waals surface area contributed by atoms with Crippen LogP contribution in [0.1, 0.15) is 37.7 Å². The minimum atomic E-state index is -0.128. The highest BCUT2D eigenvalue weighted by Crippen LogP contribution is 2.64. The molecule has 3 aliphatic carbocycles. The van der Waals surface area contributed by atoms with Crippen LogP contribution in [0, 0.1) is 23.7 Å². The first-order valence-electron chi connectivity index (χ1n) is 6.83. The molecule has 0 aromatic carbocycles. The summed E-state index contributed by atoms with van der Waals surface area (Å²) >= 11 is 0. The largest absolute Gasteiger partial charge is 0.321 e. The lowest BCUT2D eigenvalue weighted by Crippen LogP contribution is -2.46. The van der Waals surface area contributed by atoms with E-state index in [4.69, 9.17) is 5.73 Å². The third-order valence-electron chi connectivity index (χ3n) is 5.66. The molecule has 3 aliphatic rings. The lowest BCUT2D eigenvalue weighted by Gasteiger charge is -2.40. The van der Waals surface area contributed by atoms with Crippen molar-refractivity contribution in [1.29, 1.82) is 0 Å². The predicted molar refractivity (Wildman–Crippen MR) is 64.9 cm³/mol. The molecule has 1 aromatic heterocycles. The summed E-state index contributed by atoms with van der Waals surface area (Å²) in [5, 5.41) is 0. The molecular weight excluding hydrogens is 210 g/mol. The minimum absolute atomic E-state index is 0.128. The molecule has 5 atom stereocenters. The van der Waals surface area contributed by atoms with Crippen molar-refractivity contribution in [1.82, 2.24) is 9.97 Å². The van der Waals surface area contributed by atoms with E-state index in [1.807, 2.05) is 12.4 Å². The SMILES string of the molecule is NC1(c2cncnc2)CC2CC1C1CCCC21. The molecule has 0 spiro atoms. The lowest BCUT2D eigenvalue weighted by molar-refractivity contribution is 0.156. The van der Waals surface area contributed by atoms with Gasteiger partial charge in [0.2, 0.25) is 0 Å². The van der Waals surface area contributed by atoms with Crippen molar-refractivity contribution in [3.05, 3.63) is 24.3 Å². The van der Waals surface area contributed by atoms with E-state index in [1.165, 1.54) is 25.7 Å². The summed E-state index contributed by atoms with van der Waals surface area (Å²) < 4.78 is 0. The van der Waals surface area contributed by atoms with Crippen LogP contribution in [0.4, 0.5) is 0 Å². The van der Waals surface area contributed by atoms with Crippen LogP contribution in [0.2, 0.25) is 0 Å². The van der Waals surface area contributed by atoms with Crippen LogP contribution in [0.5, 0.6) is 0 Å². The topological polar surface area (TPSA) is 51.8 Å². The summed E-state index contributed by atoms with van der Waals surface area (Å²) in [6.45, 7) is 0. The van der Waals surface area contributed by atoms with Crippen LogP contribution in [-0.4, -0.2) is 9.97 Å². The van der Waals surface area contributed by atoms with Gasteiger partial charge in [0.05, 0.1) is 0 Å². The van der Waals surface area contributed by atoms with Crippen molar-refractivity contribution in [2.24, 2.45) is 29.4 Å². The van der Waals surface area contributed by atoms with Gasteiger partial charge in [-0.25, -0.2) is 9.97 Å². The van der Waals surface area contributed by atoms with E-state index in [2.05, 4.69) is 9.97 Å². The summed E-state index contributed by atoms with van der Waals surface area (Å²) in [5.41, 5.74) is 7.78. The van der Waals surface area contributed by atoms with Crippen molar-refractivity contribution < 1.29 is 0 Å². The molecule has 3 nitrogen and oxygen atoms in total. The molecule has 17 heavy (non-hydrogen) atoms. The van der Waals surface area contributed by atoms with Crippen LogP contribution in [0.15, 0.2) is 18.7 Å². The average Bonchev–Trinajstić information content (AvgIpc) is 3.00. The molecule has 0 amide bonds. The zero-order valence-electron chi connectivity index (χ0n) is 10.0. The maximum Gasteiger partial charge on any atom is 0.115 e. The van der Waals surface area contributed by atoms with Gasteiger partial charge in [0.15, 0.2) is 0 Å². The Bertz CT molecular complexity index is 432. The van der Waals surface area contributed by atoms with Crippen LogP contribution in [0.3, 0.4) is 0 Å². The molecule has 4 rings (SSSR count). The average molecular weight is 229 g/mol. The van der Waals surface area contributed by atoms with Gasteiger partial charge >= 0.3 is 0 Å². The normalized spacial score (nSPS) is 47.4. The third kappa shape index (κ3) is 1.21. The summed E-state index contributed by atoms with van der Waals surface area (Å²) in [4.78, 5) is 8.30. The van der Waals surface area contributed by atoms with Gasteiger partial charge in [0.25, 0.3) is 0 Å². The summed E-state index contributed by atoms with van der Waals surface area (Å²) in [5.74, 6) is 3.43. The van der Waals surface area contributed by atoms with Crippen molar-refractivity contribution in [2.75, 3.05) is 0 Å². The van der Waals surface area contributed by atoms with Gasteiger partial charge in [-0.1, -0.05) is 6.42 Å². The van der Waals surface area contributed by atoms with E-state index in [0.717, 1.165) is 29.7 Å². The first-order chi connectivity index (χ1) is 8.29. The van der Waals surface area contributed by atoms with Gasteiger partial charge < -0.3 is 5.73 Å². The van der Waals surface area contributed by atoms with E-state index in [9.17, 15) is 0 Å². The van der Waals surface area contributed by atoms with Crippen LogP contribution < -0.4 is 5.73 Å². The van der Waals surface area contributed by atoms with E-state index in [0.29, 0.717) is 5.92 Å². The highest BCUT2D eigenvalue weighted by molar-refractivity contribution is 5.25. The monoisotopic (exact) mass is 229 g/mol. The predicted octanol–water partition coefficient (Wildman–Crippen LogP) is 2.09. The molecule has 0 saturated heterocycles. The molecule has 90 valence electrons. The number of rotatable bonds is 1.